The van der Waals surface area contributed by atoms with Crippen LogP contribution in [-0.2, 0) is 6.54 Å². The first kappa shape index (κ1) is 16.0. The molecular formula is C17H25NO3. The molecule has 1 fully saturated rings. The molecule has 1 aromatic carbocycles. The van der Waals surface area contributed by atoms with Gasteiger partial charge in [0.15, 0.2) is 0 Å². The van der Waals surface area contributed by atoms with E-state index in [4.69, 9.17) is 5.11 Å². The molecule has 1 unspecified atom stereocenters. The lowest BCUT2D eigenvalue weighted by atomic mass is 9.72. The summed E-state index contributed by atoms with van der Waals surface area (Å²) in [4.78, 5) is 13.2. The molecule has 0 aliphatic carbocycles. The molecule has 0 radical (unpaired) electrons. The second-order valence-corrected chi connectivity index (χ2v) is 6.49. The molecule has 1 atom stereocenters. The monoisotopic (exact) mass is 291 g/mol. The number of likely N-dealkylation sites (tertiary alicyclic amines) is 1. The van der Waals surface area contributed by atoms with Crippen molar-refractivity contribution in [1.29, 1.82) is 0 Å². The maximum atomic E-state index is 10.9. The SMILES string of the molecule is CC(C)C1(CO)CCCN(Cc2ccc(C(=O)O)cc2)C1. The van der Waals surface area contributed by atoms with Gasteiger partial charge in [0.1, 0.15) is 0 Å². The fourth-order valence-electron chi connectivity index (χ4n) is 3.19. The Bertz CT molecular complexity index is 483. The minimum absolute atomic E-state index is 0.000739. The zero-order chi connectivity index (χ0) is 15.5. The first-order valence-corrected chi connectivity index (χ1v) is 7.62. The number of piperidine rings is 1. The lowest BCUT2D eigenvalue weighted by molar-refractivity contribution is -0.00585. The predicted molar refractivity (Wildman–Crippen MR) is 82.3 cm³/mol. The summed E-state index contributed by atoms with van der Waals surface area (Å²) < 4.78 is 0. The highest BCUT2D eigenvalue weighted by Crippen LogP contribution is 2.37. The molecule has 4 heteroatoms. The van der Waals surface area contributed by atoms with Gasteiger partial charge in [-0.3, -0.25) is 4.90 Å². The zero-order valence-corrected chi connectivity index (χ0v) is 12.9. The quantitative estimate of drug-likeness (QED) is 0.875. The summed E-state index contributed by atoms with van der Waals surface area (Å²) in [6, 6.07) is 7.08. The summed E-state index contributed by atoms with van der Waals surface area (Å²) in [5.74, 6) is -0.432. The van der Waals surface area contributed by atoms with Crippen LogP contribution in [0.1, 0.15) is 42.6 Å². The molecule has 1 aliphatic heterocycles. The Hall–Kier alpha value is -1.39. The van der Waals surface area contributed by atoms with Gasteiger partial charge >= 0.3 is 5.97 Å². The van der Waals surface area contributed by atoms with Gasteiger partial charge in [-0.25, -0.2) is 4.79 Å². The van der Waals surface area contributed by atoms with Gasteiger partial charge < -0.3 is 10.2 Å². The molecule has 21 heavy (non-hydrogen) atoms. The molecule has 4 nitrogen and oxygen atoms in total. The smallest absolute Gasteiger partial charge is 0.335 e. The first-order valence-electron chi connectivity index (χ1n) is 7.62. The average Bonchev–Trinajstić information content (AvgIpc) is 2.47. The topological polar surface area (TPSA) is 60.8 Å². The van der Waals surface area contributed by atoms with Crippen LogP contribution >= 0.6 is 0 Å². The standard InChI is InChI=1S/C17H25NO3/c1-13(2)17(12-19)8-3-9-18(11-17)10-14-4-6-15(7-5-14)16(20)21/h4-7,13,19H,3,8-12H2,1-2H3,(H,20,21). The van der Waals surface area contributed by atoms with Gasteiger partial charge in [0.2, 0.25) is 0 Å². The van der Waals surface area contributed by atoms with Crippen LogP contribution in [0, 0.1) is 11.3 Å². The molecule has 0 amide bonds. The van der Waals surface area contributed by atoms with Gasteiger partial charge in [0.25, 0.3) is 0 Å². The van der Waals surface area contributed by atoms with Crippen molar-refractivity contribution in [2.75, 3.05) is 19.7 Å². The van der Waals surface area contributed by atoms with Crippen LogP contribution in [0.2, 0.25) is 0 Å². The molecule has 1 heterocycles. The highest BCUT2D eigenvalue weighted by atomic mass is 16.4. The molecule has 0 saturated carbocycles. The number of aromatic carboxylic acids is 1. The zero-order valence-electron chi connectivity index (χ0n) is 12.9. The van der Waals surface area contributed by atoms with Crippen molar-refractivity contribution >= 4 is 5.97 Å². The van der Waals surface area contributed by atoms with E-state index in [0.717, 1.165) is 38.0 Å². The van der Waals surface area contributed by atoms with Crippen LogP contribution < -0.4 is 0 Å². The van der Waals surface area contributed by atoms with Gasteiger partial charge in [-0.1, -0.05) is 26.0 Å². The predicted octanol–water partition coefficient (Wildman–Crippen LogP) is 2.62. The molecule has 2 N–H and O–H groups in total. The van der Waals surface area contributed by atoms with E-state index in [-0.39, 0.29) is 12.0 Å². The number of aliphatic hydroxyl groups excluding tert-OH is 1. The Kier molecular flexibility index (Phi) is 5.01. The van der Waals surface area contributed by atoms with Crippen molar-refractivity contribution in [1.82, 2.24) is 4.90 Å². The van der Waals surface area contributed by atoms with Crippen molar-refractivity contribution < 1.29 is 15.0 Å². The van der Waals surface area contributed by atoms with Crippen molar-refractivity contribution in [2.45, 2.75) is 33.2 Å². The number of aliphatic hydroxyl groups is 1. The number of hydrogen-bond donors (Lipinski definition) is 2. The molecule has 0 bridgehead atoms. The van der Waals surface area contributed by atoms with Crippen LogP contribution in [0.5, 0.6) is 0 Å². The van der Waals surface area contributed by atoms with E-state index in [0.29, 0.717) is 11.5 Å². The molecule has 2 rings (SSSR count). The van der Waals surface area contributed by atoms with Gasteiger partial charge in [-0.2, -0.15) is 0 Å². The van der Waals surface area contributed by atoms with Crippen LogP contribution in [-0.4, -0.2) is 40.8 Å². The lowest BCUT2D eigenvalue weighted by Gasteiger charge is -2.44. The minimum Gasteiger partial charge on any atom is -0.478 e. The number of benzene rings is 1. The fourth-order valence-corrected chi connectivity index (χ4v) is 3.19. The van der Waals surface area contributed by atoms with Crippen molar-refractivity contribution in [3.05, 3.63) is 35.4 Å². The number of carboxylic acid groups (broad SMARTS) is 1. The van der Waals surface area contributed by atoms with E-state index >= 15 is 0 Å². The van der Waals surface area contributed by atoms with E-state index < -0.39 is 5.97 Å². The highest BCUT2D eigenvalue weighted by molar-refractivity contribution is 5.87. The van der Waals surface area contributed by atoms with E-state index in [2.05, 4.69) is 18.7 Å². The summed E-state index contributed by atoms with van der Waals surface area (Å²) in [5, 5.41) is 18.7. The van der Waals surface area contributed by atoms with Gasteiger partial charge in [0, 0.05) is 18.5 Å². The van der Waals surface area contributed by atoms with Gasteiger partial charge in [0.05, 0.1) is 12.2 Å². The van der Waals surface area contributed by atoms with Crippen LogP contribution in [0.15, 0.2) is 24.3 Å². The van der Waals surface area contributed by atoms with Crippen LogP contribution in [0.3, 0.4) is 0 Å². The minimum atomic E-state index is -0.890. The van der Waals surface area contributed by atoms with Crippen molar-refractivity contribution in [3.8, 4) is 0 Å². The number of carbonyl (C=O) groups is 1. The number of carboxylic acids is 1. The largest absolute Gasteiger partial charge is 0.478 e. The summed E-state index contributed by atoms with van der Waals surface area (Å²) in [6.07, 6.45) is 2.18. The van der Waals surface area contributed by atoms with E-state index in [1.807, 2.05) is 12.1 Å². The Morgan fingerprint density at radius 1 is 1.33 bits per heavy atom. The Morgan fingerprint density at radius 3 is 2.52 bits per heavy atom. The molecule has 0 spiro atoms. The number of nitrogens with zero attached hydrogens (tertiary/aromatic N) is 1. The highest BCUT2D eigenvalue weighted by Gasteiger charge is 2.37. The molecule has 1 aliphatic rings. The third-order valence-electron chi connectivity index (χ3n) is 4.83. The molecule has 116 valence electrons. The van der Waals surface area contributed by atoms with E-state index in [1.165, 1.54) is 0 Å². The maximum Gasteiger partial charge on any atom is 0.335 e. The summed E-state index contributed by atoms with van der Waals surface area (Å²) in [6.45, 7) is 7.35. The molecule has 1 saturated heterocycles. The second kappa shape index (κ2) is 6.58. The molecular weight excluding hydrogens is 266 g/mol. The molecule has 0 aromatic heterocycles. The molecule has 1 aromatic rings. The van der Waals surface area contributed by atoms with Crippen LogP contribution in [0.25, 0.3) is 0 Å². The normalized spacial score (nSPS) is 23.4. The van der Waals surface area contributed by atoms with Gasteiger partial charge in [-0.15, -0.1) is 0 Å². The summed E-state index contributed by atoms with van der Waals surface area (Å²) in [5.41, 5.74) is 1.45. The Labute approximate surface area is 126 Å². The fraction of sp³-hybridized carbons (Fsp3) is 0.588. The first-order chi connectivity index (χ1) is 9.97. The third-order valence-corrected chi connectivity index (χ3v) is 4.83. The van der Waals surface area contributed by atoms with Crippen molar-refractivity contribution in [3.63, 3.8) is 0 Å². The Balaban J connectivity index is 2.04. The lowest BCUT2D eigenvalue weighted by Crippen LogP contribution is -2.47. The van der Waals surface area contributed by atoms with Crippen molar-refractivity contribution in [2.24, 2.45) is 11.3 Å². The second-order valence-electron chi connectivity index (χ2n) is 6.49. The van der Waals surface area contributed by atoms with Crippen LogP contribution in [0.4, 0.5) is 0 Å². The summed E-state index contributed by atoms with van der Waals surface area (Å²) >= 11 is 0. The number of rotatable bonds is 5. The third kappa shape index (κ3) is 3.63. The van der Waals surface area contributed by atoms with Gasteiger partial charge in [-0.05, 0) is 43.0 Å². The average molecular weight is 291 g/mol. The Morgan fingerprint density at radius 2 is 2.00 bits per heavy atom. The summed E-state index contributed by atoms with van der Waals surface area (Å²) in [7, 11) is 0. The maximum absolute atomic E-state index is 10.9. The number of hydrogen-bond acceptors (Lipinski definition) is 3. The van der Waals surface area contributed by atoms with E-state index in [1.54, 1.807) is 12.1 Å². The van der Waals surface area contributed by atoms with E-state index in [9.17, 15) is 9.90 Å².